The summed E-state index contributed by atoms with van der Waals surface area (Å²) in [5, 5.41) is 10.3. The Morgan fingerprint density at radius 2 is 1.87 bits per heavy atom. The van der Waals surface area contributed by atoms with Gasteiger partial charge in [-0.3, -0.25) is 0 Å². The first-order chi connectivity index (χ1) is 10.6. The molecule has 0 bridgehead atoms. The van der Waals surface area contributed by atoms with E-state index >= 15 is 0 Å². The SMILES string of the molecule is CCCC1(C)COC(O)(c2ccc(OC(F)(F)F)c(F)c2)OC1. The molecule has 0 unspecified atom stereocenters. The van der Waals surface area contributed by atoms with Crippen molar-refractivity contribution in [3.63, 3.8) is 0 Å². The van der Waals surface area contributed by atoms with Gasteiger partial charge >= 0.3 is 12.3 Å². The zero-order chi connectivity index (χ0) is 17.3. The summed E-state index contributed by atoms with van der Waals surface area (Å²) in [6, 6.07) is 2.53. The van der Waals surface area contributed by atoms with Crippen LogP contribution in [-0.2, 0) is 15.4 Å². The highest BCUT2D eigenvalue weighted by Gasteiger charge is 2.43. The summed E-state index contributed by atoms with van der Waals surface area (Å²) in [5.74, 6) is -4.45. The van der Waals surface area contributed by atoms with Crippen molar-refractivity contribution in [2.75, 3.05) is 13.2 Å². The van der Waals surface area contributed by atoms with Gasteiger partial charge in [0, 0.05) is 11.0 Å². The molecule has 1 saturated heterocycles. The first-order valence-electron chi connectivity index (χ1n) is 7.13. The summed E-state index contributed by atoms with van der Waals surface area (Å²) < 4.78 is 64.3. The van der Waals surface area contributed by atoms with E-state index in [4.69, 9.17) is 9.47 Å². The quantitative estimate of drug-likeness (QED) is 0.851. The first-order valence-corrected chi connectivity index (χ1v) is 7.13. The van der Waals surface area contributed by atoms with E-state index in [1.807, 2.05) is 13.8 Å². The monoisotopic (exact) mass is 338 g/mol. The van der Waals surface area contributed by atoms with Crippen molar-refractivity contribution in [1.29, 1.82) is 0 Å². The molecule has 2 rings (SSSR count). The fourth-order valence-corrected chi connectivity index (χ4v) is 2.45. The molecule has 1 aromatic carbocycles. The van der Waals surface area contributed by atoms with Crippen LogP contribution >= 0.6 is 0 Å². The second-order valence-corrected chi connectivity index (χ2v) is 5.91. The van der Waals surface area contributed by atoms with Gasteiger partial charge in [0.15, 0.2) is 11.6 Å². The Bertz CT molecular complexity index is 551. The molecule has 1 aliphatic heterocycles. The first kappa shape index (κ1) is 18.0. The number of hydrogen-bond donors (Lipinski definition) is 1. The van der Waals surface area contributed by atoms with Crippen molar-refractivity contribution >= 4 is 0 Å². The lowest BCUT2D eigenvalue weighted by atomic mass is 9.86. The summed E-state index contributed by atoms with van der Waals surface area (Å²) >= 11 is 0. The molecule has 1 fully saturated rings. The van der Waals surface area contributed by atoms with Crippen LogP contribution in [0.4, 0.5) is 17.6 Å². The van der Waals surface area contributed by atoms with E-state index in [0.717, 1.165) is 25.0 Å². The third kappa shape index (κ3) is 4.33. The molecule has 0 aliphatic carbocycles. The molecule has 0 radical (unpaired) electrons. The van der Waals surface area contributed by atoms with Crippen molar-refractivity contribution in [3.05, 3.63) is 29.6 Å². The van der Waals surface area contributed by atoms with Crippen molar-refractivity contribution in [2.45, 2.75) is 39.0 Å². The van der Waals surface area contributed by atoms with Crippen molar-refractivity contribution in [3.8, 4) is 5.75 Å². The van der Waals surface area contributed by atoms with Crippen molar-refractivity contribution < 1.29 is 36.9 Å². The van der Waals surface area contributed by atoms with E-state index in [9.17, 15) is 22.7 Å². The van der Waals surface area contributed by atoms with E-state index in [1.165, 1.54) is 0 Å². The molecule has 1 N–H and O–H groups in total. The molecule has 1 aromatic rings. The largest absolute Gasteiger partial charge is 0.573 e. The van der Waals surface area contributed by atoms with E-state index in [0.29, 0.717) is 6.07 Å². The van der Waals surface area contributed by atoms with Gasteiger partial charge in [0.1, 0.15) is 0 Å². The minimum absolute atomic E-state index is 0.136. The molecule has 130 valence electrons. The number of ether oxygens (including phenoxy) is 3. The number of alkyl halides is 3. The van der Waals surface area contributed by atoms with Crippen molar-refractivity contribution in [2.24, 2.45) is 5.41 Å². The highest BCUT2D eigenvalue weighted by molar-refractivity contribution is 5.31. The van der Waals surface area contributed by atoms with Gasteiger partial charge in [-0.15, -0.1) is 13.2 Å². The van der Waals surface area contributed by atoms with Crippen LogP contribution in [0.5, 0.6) is 5.75 Å². The van der Waals surface area contributed by atoms with Crippen LogP contribution in [0.3, 0.4) is 0 Å². The third-order valence-electron chi connectivity index (χ3n) is 3.61. The maximum absolute atomic E-state index is 13.7. The van der Waals surface area contributed by atoms with Crippen LogP contribution in [-0.4, -0.2) is 24.7 Å². The topological polar surface area (TPSA) is 47.9 Å². The lowest BCUT2D eigenvalue weighted by Gasteiger charge is -2.41. The zero-order valence-electron chi connectivity index (χ0n) is 12.7. The Balaban J connectivity index is 2.15. The molecule has 1 heterocycles. The summed E-state index contributed by atoms with van der Waals surface area (Å²) in [5.41, 5.74) is -0.415. The smallest absolute Gasteiger partial charge is 0.403 e. The molecule has 8 heteroatoms. The second-order valence-electron chi connectivity index (χ2n) is 5.91. The van der Waals surface area contributed by atoms with Gasteiger partial charge in [0.2, 0.25) is 0 Å². The molecular formula is C15H18F4O4. The number of hydrogen-bond acceptors (Lipinski definition) is 4. The molecule has 0 saturated carbocycles. The Morgan fingerprint density at radius 1 is 1.26 bits per heavy atom. The van der Waals surface area contributed by atoms with Crippen LogP contribution in [0.25, 0.3) is 0 Å². The molecule has 0 amide bonds. The molecule has 0 spiro atoms. The highest BCUT2D eigenvalue weighted by Crippen LogP contribution is 2.38. The van der Waals surface area contributed by atoms with Crippen LogP contribution in [0, 0.1) is 11.2 Å². The van der Waals surface area contributed by atoms with Gasteiger partial charge in [-0.2, -0.15) is 0 Å². The van der Waals surface area contributed by atoms with E-state index in [-0.39, 0.29) is 24.2 Å². The predicted molar refractivity (Wildman–Crippen MR) is 71.9 cm³/mol. The van der Waals surface area contributed by atoms with Gasteiger partial charge in [-0.05, 0) is 24.6 Å². The highest BCUT2D eigenvalue weighted by atomic mass is 19.4. The van der Waals surface area contributed by atoms with Crippen LogP contribution < -0.4 is 4.74 Å². The minimum Gasteiger partial charge on any atom is -0.403 e. The standard InChI is InChI=1S/C15H18F4O4/c1-3-6-13(2)8-21-14(20,22-9-13)10-4-5-12(11(16)7-10)23-15(17,18)19/h4-5,7,20H,3,6,8-9H2,1-2H3. The van der Waals surface area contributed by atoms with Gasteiger partial charge in [0.25, 0.3) is 0 Å². The average molecular weight is 338 g/mol. The molecular weight excluding hydrogens is 320 g/mol. The van der Waals surface area contributed by atoms with E-state index < -0.39 is 23.9 Å². The fraction of sp³-hybridized carbons (Fsp3) is 0.600. The second kappa shape index (κ2) is 6.26. The van der Waals surface area contributed by atoms with Crippen LogP contribution in [0.2, 0.25) is 0 Å². The summed E-state index contributed by atoms with van der Waals surface area (Å²) in [6.45, 7) is 4.29. The van der Waals surface area contributed by atoms with E-state index in [1.54, 1.807) is 0 Å². The Kier molecular flexibility index (Phi) is 4.89. The molecule has 23 heavy (non-hydrogen) atoms. The maximum atomic E-state index is 13.7. The summed E-state index contributed by atoms with van der Waals surface area (Å²) in [7, 11) is 0. The summed E-state index contributed by atoms with van der Waals surface area (Å²) in [4.78, 5) is 0. The van der Waals surface area contributed by atoms with Gasteiger partial charge < -0.3 is 19.3 Å². The summed E-state index contributed by atoms with van der Waals surface area (Å²) in [6.07, 6.45) is -3.28. The normalized spacial score (nSPS) is 28.7. The Morgan fingerprint density at radius 3 is 2.35 bits per heavy atom. The zero-order valence-corrected chi connectivity index (χ0v) is 12.7. The lowest BCUT2D eigenvalue weighted by Crippen LogP contribution is -2.46. The fourth-order valence-electron chi connectivity index (χ4n) is 2.45. The number of rotatable bonds is 4. The molecule has 0 atom stereocenters. The molecule has 4 nitrogen and oxygen atoms in total. The van der Waals surface area contributed by atoms with E-state index in [2.05, 4.69) is 4.74 Å². The maximum Gasteiger partial charge on any atom is 0.573 e. The number of halogens is 4. The van der Waals surface area contributed by atoms with Gasteiger partial charge in [-0.25, -0.2) is 4.39 Å². The van der Waals surface area contributed by atoms with Gasteiger partial charge in [-0.1, -0.05) is 20.3 Å². The Hall–Kier alpha value is -1.38. The minimum atomic E-state index is -5.00. The third-order valence-corrected chi connectivity index (χ3v) is 3.61. The molecule has 1 aliphatic rings. The van der Waals surface area contributed by atoms with Crippen LogP contribution in [0.15, 0.2) is 18.2 Å². The molecule has 0 aromatic heterocycles. The predicted octanol–water partition coefficient (Wildman–Crippen LogP) is 3.68. The number of benzene rings is 1. The van der Waals surface area contributed by atoms with Crippen LogP contribution in [0.1, 0.15) is 32.3 Å². The van der Waals surface area contributed by atoms with Crippen molar-refractivity contribution in [1.82, 2.24) is 0 Å². The average Bonchev–Trinajstić information content (AvgIpc) is 2.44. The van der Waals surface area contributed by atoms with Gasteiger partial charge in [0.05, 0.1) is 13.2 Å². The number of aliphatic hydroxyl groups is 1. The Labute approximate surface area is 131 Å². The lowest BCUT2D eigenvalue weighted by molar-refractivity contribution is -0.414.